The van der Waals surface area contributed by atoms with Crippen LogP contribution in [-0.2, 0) is 22.7 Å². The van der Waals surface area contributed by atoms with Crippen molar-refractivity contribution in [3.05, 3.63) is 68.3 Å². The van der Waals surface area contributed by atoms with E-state index in [0.717, 1.165) is 16.3 Å². The molecule has 6 nitrogen and oxygen atoms in total. The lowest BCUT2D eigenvalue weighted by Crippen LogP contribution is -2.30. The summed E-state index contributed by atoms with van der Waals surface area (Å²) in [5.74, 6) is -0.279. The zero-order chi connectivity index (χ0) is 19.9. The van der Waals surface area contributed by atoms with Crippen LogP contribution in [0, 0.1) is 6.92 Å². The highest BCUT2D eigenvalue weighted by atomic mass is 32.1. The second-order valence-corrected chi connectivity index (χ2v) is 7.97. The number of thiazole rings is 1. The second kappa shape index (κ2) is 9.48. The fourth-order valence-corrected chi connectivity index (χ4v) is 3.67. The Labute approximate surface area is 171 Å². The number of hydrogen-bond donors (Lipinski definition) is 0. The van der Waals surface area contributed by atoms with E-state index in [1.54, 1.807) is 54.0 Å². The minimum atomic E-state index is -0.563. The zero-order valence-corrected chi connectivity index (χ0v) is 17.2. The van der Waals surface area contributed by atoms with E-state index in [1.807, 2.05) is 29.1 Å². The summed E-state index contributed by atoms with van der Waals surface area (Å²) in [5, 5.41) is 6.85. The van der Waals surface area contributed by atoms with Gasteiger partial charge in [-0.1, -0.05) is 6.07 Å². The van der Waals surface area contributed by atoms with E-state index in [0.29, 0.717) is 24.5 Å². The molecule has 0 N–H and O–H groups in total. The Morgan fingerprint density at radius 2 is 2.07 bits per heavy atom. The number of carbonyl (C=O) groups is 2. The number of nitrogens with zero attached hydrogens (tertiary/aromatic N) is 2. The molecule has 8 heteroatoms. The van der Waals surface area contributed by atoms with Crippen molar-refractivity contribution in [2.24, 2.45) is 0 Å². The number of hydrogen-bond acceptors (Lipinski definition) is 7. The first kappa shape index (κ1) is 20.0. The molecule has 28 heavy (non-hydrogen) atoms. The molecule has 2 heterocycles. The molecule has 146 valence electrons. The third kappa shape index (κ3) is 5.64. The third-order valence-corrected chi connectivity index (χ3v) is 5.43. The van der Waals surface area contributed by atoms with Crippen LogP contribution in [0.2, 0.25) is 0 Å². The summed E-state index contributed by atoms with van der Waals surface area (Å²) in [7, 11) is 1.68. The first-order chi connectivity index (χ1) is 13.5. The number of ether oxygens (including phenoxy) is 2. The van der Waals surface area contributed by atoms with Crippen LogP contribution in [-0.4, -0.2) is 35.4 Å². The van der Waals surface area contributed by atoms with E-state index in [2.05, 4.69) is 4.98 Å². The smallest absolute Gasteiger partial charge is 0.338 e. The summed E-state index contributed by atoms with van der Waals surface area (Å²) in [4.78, 5) is 30.3. The molecule has 0 saturated carbocycles. The molecular formula is C20H20N2O4S2. The van der Waals surface area contributed by atoms with E-state index in [4.69, 9.17) is 9.47 Å². The molecule has 0 unspecified atom stereocenters. The van der Waals surface area contributed by atoms with Gasteiger partial charge in [-0.15, -0.1) is 11.3 Å². The van der Waals surface area contributed by atoms with Crippen LogP contribution < -0.4 is 4.74 Å². The Kier molecular flexibility index (Phi) is 6.78. The minimum absolute atomic E-state index is 0.258. The number of carbonyl (C=O) groups excluding carboxylic acids is 2. The Morgan fingerprint density at radius 3 is 2.79 bits per heavy atom. The molecule has 1 amide bonds. The minimum Gasteiger partial charge on any atom is -0.487 e. The molecule has 0 atom stereocenters. The summed E-state index contributed by atoms with van der Waals surface area (Å²) < 4.78 is 10.8. The first-order valence-corrected chi connectivity index (χ1v) is 10.4. The predicted octanol–water partition coefficient (Wildman–Crippen LogP) is 3.91. The normalized spacial score (nSPS) is 10.5. The molecule has 0 aliphatic rings. The molecule has 0 fully saturated rings. The van der Waals surface area contributed by atoms with Gasteiger partial charge in [0.1, 0.15) is 12.4 Å². The number of benzene rings is 1. The van der Waals surface area contributed by atoms with Gasteiger partial charge in [0.2, 0.25) is 0 Å². The average Bonchev–Trinajstić information content (AvgIpc) is 3.36. The van der Waals surface area contributed by atoms with E-state index in [9.17, 15) is 9.59 Å². The van der Waals surface area contributed by atoms with Crippen LogP contribution in [0.3, 0.4) is 0 Å². The van der Waals surface area contributed by atoms with Gasteiger partial charge in [-0.2, -0.15) is 11.3 Å². The van der Waals surface area contributed by atoms with Crippen molar-refractivity contribution in [2.75, 3.05) is 13.7 Å². The van der Waals surface area contributed by atoms with Crippen LogP contribution in [0.25, 0.3) is 0 Å². The largest absolute Gasteiger partial charge is 0.487 e. The Morgan fingerprint density at radius 1 is 1.21 bits per heavy atom. The van der Waals surface area contributed by atoms with E-state index < -0.39 is 5.97 Å². The van der Waals surface area contributed by atoms with Crippen molar-refractivity contribution in [3.63, 3.8) is 0 Å². The van der Waals surface area contributed by atoms with Gasteiger partial charge in [0.05, 0.1) is 16.3 Å². The summed E-state index contributed by atoms with van der Waals surface area (Å²) >= 11 is 3.13. The predicted molar refractivity (Wildman–Crippen MR) is 109 cm³/mol. The monoisotopic (exact) mass is 416 g/mol. The maximum Gasteiger partial charge on any atom is 0.338 e. The first-order valence-electron chi connectivity index (χ1n) is 8.57. The Balaban J connectivity index is 1.50. The van der Waals surface area contributed by atoms with Crippen LogP contribution in [0.15, 0.2) is 46.5 Å². The van der Waals surface area contributed by atoms with Gasteiger partial charge in [-0.3, -0.25) is 4.79 Å². The van der Waals surface area contributed by atoms with Gasteiger partial charge < -0.3 is 14.4 Å². The average molecular weight is 417 g/mol. The second-order valence-electron chi connectivity index (χ2n) is 6.13. The van der Waals surface area contributed by atoms with Crippen molar-refractivity contribution in [3.8, 4) is 5.75 Å². The van der Waals surface area contributed by atoms with Gasteiger partial charge in [-0.25, -0.2) is 9.78 Å². The maximum atomic E-state index is 12.3. The SMILES string of the molecule is Cc1nc(COc2cccc(C(=O)OCC(=O)N(C)Cc3ccsc3)c2)cs1. The van der Waals surface area contributed by atoms with E-state index in [1.165, 1.54) is 4.90 Å². The van der Waals surface area contributed by atoms with Crippen LogP contribution in [0.4, 0.5) is 0 Å². The highest BCUT2D eigenvalue weighted by Gasteiger charge is 2.14. The Hall–Kier alpha value is -2.71. The summed E-state index contributed by atoms with van der Waals surface area (Å²) in [6, 6.07) is 8.65. The van der Waals surface area contributed by atoms with Gasteiger partial charge in [0, 0.05) is 19.0 Å². The number of aryl methyl sites for hydroxylation is 1. The van der Waals surface area contributed by atoms with Gasteiger partial charge in [0.15, 0.2) is 6.61 Å². The summed E-state index contributed by atoms with van der Waals surface area (Å²) in [5.41, 5.74) is 2.22. The fourth-order valence-electron chi connectivity index (χ4n) is 2.41. The molecular weight excluding hydrogens is 396 g/mol. The molecule has 0 bridgehead atoms. The van der Waals surface area contributed by atoms with Crippen molar-refractivity contribution in [2.45, 2.75) is 20.1 Å². The molecule has 0 spiro atoms. The van der Waals surface area contributed by atoms with Crippen molar-refractivity contribution >= 4 is 34.6 Å². The van der Waals surface area contributed by atoms with Gasteiger partial charge >= 0.3 is 5.97 Å². The summed E-state index contributed by atoms with van der Waals surface area (Å²) in [6.45, 7) is 2.44. The van der Waals surface area contributed by atoms with Crippen LogP contribution in [0.1, 0.15) is 26.6 Å². The number of amides is 1. The standard InChI is InChI=1S/C20H20N2O4S2/c1-14-21-17(13-28-14)10-25-18-5-3-4-16(8-18)20(24)26-11-19(23)22(2)9-15-6-7-27-12-15/h3-8,12-13H,9-11H2,1-2H3. The van der Waals surface area contributed by atoms with Crippen molar-refractivity contribution in [1.29, 1.82) is 0 Å². The zero-order valence-electron chi connectivity index (χ0n) is 15.6. The number of thiophene rings is 1. The maximum absolute atomic E-state index is 12.3. The topological polar surface area (TPSA) is 68.7 Å². The van der Waals surface area contributed by atoms with Crippen molar-refractivity contribution in [1.82, 2.24) is 9.88 Å². The van der Waals surface area contributed by atoms with Gasteiger partial charge in [-0.05, 0) is 47.5 Å². The number of aromatic nitrogens is 1. The molecule has 0 saturated heterocycles. The molecule has 0 aliphatic heterocycles. The molecule has 1 aromatic carbocycles. The Bertz CT molecular complexity index is 937. The highest BCUT2D eigenvalue weighted by Crippen LogP contribution is 2.17. The van der Waals surface area contributed by atoms with Crippen LogP contribution >= 0.6 is 22.7 Å². The lowest BCUT2D eigenvalue weighted by atomic mass is 10.2. The fraction of sp³-hybridized carbons (Fsp3) is 0.250. The lowest BCUT2D eigenvalue weighted by Gasteiger charge is -2.16. The van der Waals surface area contributed by atoms with Crippen molar-refractivity contribution < 1.29 is 19.1 Å². The van der Waals surface area contributed by atoms with E-state index in [-0.39, 0.29) is 12.5 Å². The van der Waals surface area contributed by atoms with Gasteiger partial charge in [0.25, 0.3) is 5.91 Å². The highest BCUT2D eigenvalue weighted by molar-refractivity contribution is 7.09. The molecule has 3 aromatic rings. The number of likely N-dealkylation sites (N-methyl/N-ethyl adjacent to an activating group) is 1. The molecule has 0 aliphatic carbocycles. The molecule has 2 aromatic heterocycles. The lowest BCUT2D eigenvalue weighted by molar-refractivity contribution is -0.133. The third-order valence-electron chi connectivity index (χ3n) is 3.88. The number of esters is 1. The summed E-state index contributed by atoms with van der Waals surface area (Å²) in [6.07, 6.45) is 0. The van der Waals surface area contributed by atoms with E-state index >= 15 is 0 Å². The van der Waals surface area contributed by atoms with Crippen LogP contribution in [0.5, 0.6) is 5.75 Å². The quantitative estimate of drug-likeness (QED) is 0.521. The molecule has 0 radical (unpaired) electrons. The number of rotatable bonds is 8. The molecule has 3 rings (SSSR count).